The second kappa shape index (κ2) is 14.5. The normalized spacial score (nSPS) is 12.1. The van der Waals surface area contributed by atoms with Gasteiger partial charge in [0.25, 0.3) is 0 Å². The highest BCUT2D eigenvalue weighted by molar-refractivity contribution is 7.19. The summed E-state index contributed by atoms with van der Waals surface area (Å²) < 4.78 is 7.38. The van der Waals surface area contributed by atoms with Gasteiger partial charge in [0.2, 0.25) is 0 Å². The standard InChI is InChI=1S/C60H41N3Si/c1-4-19-42(20-5-1)61-57-34-17-13-30-53(57)59-58(61)40-39-52-51-29-12-16-33-56(51)63(60(52)59)43-35-37-47(38-36-43)64(45-22-6-2-7-23-45,46-24-8-3-9-25-46)48-26-18-21-44(41-48)62-54-31-14-10-27-49(54)50-28-11-15-32-55(50)62/h1-41H. The Morgan fingerprint density at radius 1 is 0.234 bits per heavy atom. The highest BCUT2D eigenvalue weighted by atomic mass is 28.3. The maximum Gasteiger partial charge on any atom is 0.179 e. The van der Waals surface area contributed by atoms with E-state index in [9.17, 15) is 0 Å². The van der Waals surface area contributed by atoms with Crippen molar-refractivity contribution >= 4 is 94.2 Å². The van der Waals surface area contributed by atoms with E-state index >= 15 is 0 Å². The SMILES string of the molecule is c1ccc(-n2c3ccccc3c3c2ccc2c4ccccc4n(-c4ccc([Si](c5ccccc5)(c5ccccc5)c5cccc(-n6c7ccccc7c7ccccc76)c5)cc4)c23)cc1. The molecular formula is C60H41N3Si. The molecule has 0 saturated heterocycles. The minimum atomic E-state index is -2.93. The molecule has 0 amide bonds. The third-order valence-corrected chi connectivity index (χ3v) is 18.3. The van der Waals surface area contributed by atoms with Crippen LogP contribution in [0.2, 0.25) is 0 Å². The minimum Gasteiger partial charge on any atom is -0.309 e. The Kier molecular flexibility index (Phi) is 8.23. The summed E-state index contributed by atoms with van der Waals surface area (Å²) in [7, 11) is -2.93. The van der Waals surface area contributed by atoms with E-state index in [0.717, 1.165) is 11.4 Å². The molecule has 0 saturated carbocycles. The van der Waals surface area contributed by atoms with Crippen LogP contribution in [-0.2, 0) is 0 Å². The summed E-state index contributed by atoms with van der Waals surface area (Å²) in [6.45, 7) is 0. The lowest BCUT2D eigenvalue weighted by Gasteiger charge is -2.35. The Bertz CT molecular complexity index is 3790. The first kappa shape index (κ1) is 36.5. The highest BCUT2D eigenvalue weighted by Crippen LogP contribution is 2.42. The van der Waals surface area contributed by atoms with Gasteiger partial charge in [-0.1, -0.05) is 182 Å². The number of nitrogens with zero attached hydrogens (tertiary/aromatic N) is 3. The number of rotatable bonds is 7. The molecule has 4 heteroatoms. The average Bonchev–Trinajstić information content (AvgIpc) is 4.01. The predicted octanol–water partition coefficient (Wildman–Crippen LogP) is 12.4. The van der Waals surface area contributed by atoms with Crippen LogP contribution >= 0.6 is 0 Å². The zero-order valence-electron chi connectivity index (χ0n) is 35.0. The number of benzene rings is 10. The van der Waals surface area contributed by atoms with Crippen molar-refractivity contribution in [1.29, 1.82) is 0 Å². The number of hydrogen-bond donors (Lipinski definition) is 0. The van der Waals surface area contributed by atoms with Gasteiger partial charge in [0, 0.05) is 49.4 Å². The zero-order chi connectivity index (χ0) is 42.2. The molecule has 3 heterocycles. The van der Waals surface area contributed by atoms with Crippen molar-refractivity contribution < 1.29 is 0 Å². The van der Waals surface area contributed by atoms with Crippen LogP contribution in [0.15, 0.2) is 249 Å². The maximum atomic E-state index is 2.51. The Hall–Kier alpha value is -8.18. The van der Waals surface area contributed by atoms with E-state index in [0.29, 0.717) is 0 Å². The monoisotopic (exact) mass is 831 g/mol. The molecule has 0 N–H and O–H groups in total. The summed E-state index contributed by atoms with van der Waals surface area (Å²) in [6.07, 6.45) is 0. The van der Waals surface area contributed by atoms with Crippen molar-refractivity contribution in [2.24, 2.45) is 0 Å². The molecule has 0 aliphatic heterocycles. The average molecular weight is 832 g/mol. The van der Waals surface area contributed by atoms with Crippen LogP contribution in [-0.4, -0.2) is 21.8 Å². The summed E-state index contributed by atoms with van der Waals surface area (Å²) in [5, 5.41) is 12.9. The van der Waals surface area contributed by atoms with Gasteiger partial charge < -0.3 is 13.7 Å². The molecular weight excluding hydrogens is 791 g/mol. The van der Waals surface area contributed by atoms with E-state index in [-0.39, 0.29) is 0 Å². The van der Waals surface area contributed by atoms with Crippen molar-refractivity contribution in [3.63, 3.8) is 0 Å². The number of hydrogen-bond acceptors (Lipinski definition) is 0. The van der Waals surface area contributed by atoms with E-state index in [4.69, 9.17) is 0 Å². The summed E-state index contributed by atoms with van der Waals surface area (Å²) in [6, 6.07) is 92.3. The molecule has 10 aromatic carbocycles. The van der Waals surface area contributed by atoms with Gasteiger partial charge in [-0.15, -0.1) is 0 Å². The molecule has 0 radical (unpaired) electrons. The molecule has 0 aliphatic rings. The van der Waals surface area contributed by atoms with Crippen LogP contribution in [0.1, 0.15) is 0 Å². The van der Waals surface area contributed by atoms with Gasteiger partial charge in [0.05, 0.1) is 33.1 Å². The van der Waals surface area contributed by atoms with Crippen LogP contribution in [0, 0.1) is 0 Å². The largest absolute Gasteiger partial charge is 0.309 e. The smallest absolute Gasteiger partial charge is 0.179 e. The molecule has 13 aromatic rings. The summed E-state index contributed by atoms with van der Waals surface area (Å²) in [4.78, 5) is 0. The van der Waals surface area contributed by atoms with Gasteiger partial charge in [0.15, 0.2) is 8.07 Å². The van der Waals surface area contributed by atoms with Crippen molar-refractivity contribution in [3.8, 4) is 17.1 Å². The molecule has 3 aromatic heterocycles. The van der Waals surface area contributed by atoms with Crippen LogP contribution < -0.4 is 20.7 Å². The molecule has 13 rings (SSSR count). The van der Waals surface area contributed by atoms with E-state index in [1.165, 1.54) is 91.9 Å². The first-order valence-electron chi connectivity index (χ1n) is 22.1. The van der Waals surface area contributed by atoms with Gasteiger partial charge >= 0.3 is 0 Å². The van der Waals surface area contributed by atoms with Gasteiger partial charge in [-0.05, 0) is 87.5 Å². The van der Waals surface area contributed by atoms with Gasteiger partial charge in [0.1, 0.15) is 0 Å². The van der Waals surface area contributed by atoms with Gasteiger partial charge in [-0.2, -0.15) is 0 Å². The Labute approximate surface area is 372 Å². The fraction of sp³-hybridized carbons (Fsp3) is 0. The molecule has 0 unspecified atom stereocenters. The fourth-order valence-corrected chi connectivity index (χ4v) is 15.7. The molecule has 0 spiro atoms. The van der Waals surface area contributed by atoms with Crippen molar-refractivity contribution in [3.05, 3.63) is 249 Å². The van der Waals surface area contributed by atoms with E-state index in [1.54, 1.807) is 0 Å². The Morgan fingerprint density at radius 3 is 1.23 bits per heavy atom. The second-order valence-electron chi connectivity index (χ2n) is 16.8. The Balaban J connectivity index is 1.07. The van der Waals surface area contributed by atoms with Crippen molar-refractivity contribution in [1.82, 2.24) is 13.7 Å². The molecule has 0 aliphatic carbocycles. The van der Waals surface area contributed by atoms with Crippen molar-refractivity contribution in [2.45, 2.75) is 0 Å². The molecule has 0 atom stereocenters. The van der Waals surface area contributed by atoms with Gasteiger partial charge in [-0.25, -0.2) is 0 Å². The van der Waals surface area contributed by atoms with E-state index in [2.05, 4.69) is 262 Å². The lowest BCUT2D eigenvalue weighted by Crippen LogP contribution is -2.74. The lowest BCUT2D eigenvalue weighted by atomic mass is 10.1. The zero-order valence-corrected chi connectivity index (χ0v) is 36.0. The van der Waals surface area contributed by atoms with Crippen LogP contribution in [0.25, 0.3) is 82.5 Å². The number of aromatic nitrogens is 3. The van der Waals surface area contributed by atoms with Crippen LogP contribution in [0.3, 0.4) is 0 Å². The molecule has 0 fully saturated rings. The van der Waals surface area contributed by atoms with Crippen molar-refractivity contribution in [2.75, 3.05) is 0 Å². The Morgan fingerprint density at radius 2 is 0.641 bits per heavy atom. The van der Waals surface area contributed by atoms with E-state index < -0.39 is 8.07 Å². The fourth-order valence-electron chi connectivity index (χ4n) is 10.9. The summed E-state index contributed by atoms with van der Waals surface area (Å²) >= 11 is 0. The number of para-hydroxylation sites is 5. The van der Waals surface area contributed by atoms with E-state index in [1.807, 2.05) is 0 Å². The van der Waals surface area contributed by atoms with Crippen LogP contribution in [0.5, 0.6) is 0 Å². The summed E-state index contributed by atoms with van der Waals surface area (Å²) in [5.41, 5.74) is 10.7. The molecule has 0 bridgehead atoms. The highest BCUT2D eigenvalue weighted by Gasteiger charge is 2.41. The molecule has 3 nitrogen and oxygen atoms in total. The van der Waals surface area contributed by atoms with Crippen LogP contribution in [0.4, 0.5) is 0 Å². The number of fused-ring (bicyclic) bond motifs is 10. The molecule has 64 heavy (non-hydrogen) atoms. The first-order valence-corrected chi connectivity index (χ1v) is 24.1. The third kappa shape index (κ3) is 5.27. The maximum absolute atomic E-state index is 2.93. The second-order valence-corrected chi connectivity index (χ2v) is 20.7. The lowest BCUT2D eigenvalue weighted by molar-refractivity contribution is 1.17. The first-order chi connectivity index (χ1) is 31.8. The topological polar surface area (TPSA) is 14.8 Å². The minimum absolute atomic E-state index is 1.14. The predicted molar refractivity (Wildman–Crippen MR) is 273 cm³/mol. The quantitative estimate of drug-likeness (QED) is 0.112. The third-order valence-electron chi connectivity index (χ3n) is 13.6. The summed E-state index contributed by atoms with van der Waals surface area (Å²) in [5.74, 6) is 0. The molecule has 300 valence electrons. The van der Waals surface area contributed by atoms with Gasteiger partial charge in [-0.3, -0.25) is 0 Å².